The van der Waals surface area contributed by atoms with E-state index in [2.05, 4.69) is 0 Å². The third-order valence-electron chi connectivity index (χ3n) is 2.42. The summed E-state index contributed by atoms with van der Waals surface area (Å²) >= 11 is 13.3. The maximum Gasteiger partial charge on any atom is 0.0406 e. The maximum absolute atomic E-state index is 5.82. The van der Waals surface area contributed by atoms with Gasteiger partial charge in [0.05, 0.1) is 0 Å². The lowest BCUT2D eigenvalue weighted by Gasteiger charge is -1.93. The molecule has 0 heterocycles. The Morgan fingerprint density at radius 3 is 1.37 bits per heavy atom. The Kier molecular flexibility index (Phi) is 5.59. The van der Waals surface area contributed by atoms with Gasteiger partial charge in [0.25, 0.3) is 0 Å². The van der Waals surface area contributed by atoms with Crippen LogP contribution in [0.4, 0.5) is 0 Å². The summed E-state index contributed by atoms with van der Waals surface area (Å²) in [5, 5.41) is 5.59. The molecule has 0 saturated carbocycles. The average molecular weight is 307 g/mol. The molecule has 0 aliphatic heterocycles. The molecule has 0 nitrogen and oxygen atoms in total. The Morgan fingerprint density at radius 1 is 0.632 bits per heavy atom. The zero-order valence-electron chi connectivity index (χ0n) is 10.1. The van der Waals surface area contributed by atoms with Crippen molar-refractivity contribution in [2.45, 2.75) is 0 Å². The molecule has 2 aromatic carbocycles. The zero-order valence-corrected chi connectivity index (χ0v) is 12.4. The van der Waals surface area contributed by atoms with E-state index in [9.17, 15) is 0 Å². The van der Waals surface area contributed by atoms with E-state index < -0.39 is 0 Å². The van der Waals surface area contributed by atoms with Gasteiger partial charge in [-0.15, -0.1) is 11.8 Å². The summed E-state index contributed by atoms with van der Waals surface area (Å²) in [6.07, 6.45) is 4.10. The standard InChI is InChI=1S/C16H12Cl2S/c17-15-5-1-13(2-6-15)9-11-19-12-10-14-3-7-16(18)8-4-14/h1-12H. The average Bonchev–Trinajstić information content (AvgIpc) is 2.43. The molecule has 0 aliphatic rings. The van der Waals surface area contributed by atoms with Crippen LogP contribution in [0.25, 0.3) is 12.2 Å². The maximum atomic E-state index is 5.82. The van der Waals surface area contributed by atoms with Gasteiger partial charge in [0.1, 0.15) is 0 Å². The van der Waals surface area contributed by atoms with Gasteiger partial charge in [0, 0.05) is 10.0 Å². The predicted molar refractivity (Wildman–Crippen MR) is 88.6 cm³/mol. The van der Waals surface area contributed by atoms with Crippen LogP contribution in [0.15, 0.2) is 59.3 Å². The summed E-state index contributed by atoms with van der Waals surface area (Å²) in [5.41, 5.74) is 2.27. The second-order valence-corrected chi connectivity index (χ2v) is 5.53. The molecule has 19 heavy (non-hydrogen) atoms. The molecule has 0 bridgehead atoms. The monoisotopic (exact) mass is 306 g/mol. The molecule has 0 fully saturated rings. The minimum atomic E-state index is 0.757. The molecule has 2 rings (SSSR count). The third-order valence-corrected chi connectivity index (χ3v) is 3.51. The van der Waals surface area contributed by atoms with E-state index in [-0.39, 0.29) is 0 Å². The number of rotatable bonds is 4. The molecule has 0 saturated heterocycles. The topological polar surface area (TPSA) is 0 Å². The summed E-state index contributed by atoms with van der Waals surface area (Å²) < 4.78 is 0. The first-order chi connectivity index (χ1) is 9.24. The van der Waals surface area contributed by atoms with Crippen molar-refractivity contribution in [3.05, 3.63) is 80.5 Å². The fourth-order valence-corrected chi connectivity index (χ4v) is 2.24. The largest absolute Gasteiger partial charge is 0.106 e. The van der Waals surface area contributed by atoms with Crippen LogP contribution in [0.3, 0.4) is 0 Å². The molecule has 96 valence electrons. The molecule has 0 spiro atoms. The molecule has 2 aromatic rings. The van der Waals surface area contributed by atoms with Crippen molar-refractivity contribution >= 4 is 47.1 Å². The molecule has 0 atom stereocenters. The first-order valence-electron chi connectivity index (χ1n) is 5.74. The van der Waals surface area contributed by atoms with Gasteiger partial charge in [0.15, 0.2) is 0 Å². The Bertz CT molecular complexity index is 515. The number of benzene rings is 2. The summed E-state index contributed by atoms with van der Waals surface area (Å²) in [6, 6.07) is 15.5. The highest BCUT2D eigenvalue weighted by atomic mass is 35.5. The molecule has 0 N–H and O–H groups in total. The van der Waals surface area contributed by atoms with Gasteiger partial charge in [-0.3, -0.25) is 0 Å². The Balaban J connectivity index is 1.86. The smallest absolute Gasteiger partial charge is 0.0406 e. The summed E-state index contributed by atoms with van der Waals surface area (Å²) in [4.78, 5) is 0. The van der Waals surface area contributed by atoms with Crippen LogP contribution in [0, 0.1) is 0 Å². The molecule has 0 aromatic heterocycles. The van der Waals surface area contributed by atoms with Gasteiger partial charge in [-0.25, -0.2) is 0 Å². The van der Waals surface area contributed by atoms with Crippen LogP contribution in [-0.4, -0.2) is 0 Å². The van der Waals surface area contributed by atoms with Crippen molar-refractivity contribution < 1.29 is 0 Å². The summed E-state index contributed by atoms with van der Waals surface area (Å²) in [7, 11) is 0. The molecular weight excluding hydrogens is 295 g/mol. The van der Waals surface area contributed by atoms with Crippen LogP contribution >= 0.6 is 35.0 Å². The fourth-order valence-electron chi connectivity index (χ4n) is 1.43. The van der Waals surface area contributed by atoms with Gasteiger partial charge in [0.2, 0.25) is 0 Å². The van der Waals surface area contributed by atoms with Crippen LogP contribution < -0.4 is 0 Å². The molecule has 0 radical (unpaired) electrons. The van der Waals surface area contributed by atoms with Crippen molar-refractivity contribution in [3.8, 4) is 0 Å². The second kappa shape index (κ2) is 7.44. The molecule has 0 unspecified atom stereocenters. The number of hydrogen-bond acceptors (Lipinski definition) is 1. The molecule has 3 heteroatoms. The molecule has 0 amide bonds. The van der Waals surface area contributed by atoms with Crippen LogP contribution in [-0.2, 0) is 0 Å². The van der Waals surface area contributed by atoms with Gasteiger partial charge < -0.3 is 0 Å². The molecule has 0 aliphatic carbocycles. The minimum Gasteiger partial charge on any atom is -0.106 e. The lowest BCUT2D eigenvalue weighted by molar-refractivity contribution is 1.66. The molecular formula is C16H12Cl2S. The first kappa shape index (κ1) is 14.3. The van der Waals surface area contributed by atoms with Crippen LogP contribution in [0.1, 0.15) is 11.1 Å². The van der Waals surface area contributed by atoms with Gasteiger partial charge >= 0.3 is 0 Å². The van der Waals surface area contributed by atoms with Crippen molar-refractivity contribution in [3.63, 3.8) is 0 Å². The van der Waals surface area contributed by atoms with E-state index >= 15 is 0 Å². The minimum absolute atomic E-state index is 0.757. The highest BCUT2D eigenvalue weighted by Crippen LogP contribution is 2.15. The van der Waals surface area contributed by atoms with Crippen LogP contribution in [0.2, 0.25) is 10.0 Å². The normalized spacial score (nSPS) is 11.5. The number of hydrogen-bond donors (Lipinski definition) is 0. The van der Waals surface area contributed by atoms with E-state index in [4.69, 9.17) is 23.2 Å². The summed E-state index contributed by atoms with van der Waals surface area (Å²) in [5.74, 6) is 0. The van der Waals surface area contributed by atoms with E-state index in [1.54, 1.807) is 11.8 Å². The Labute approximate surface area is 127 Å². The van der Waals surface area contributed by atoms with Crippen LogP contribution in [0.5, 0.6) is 0 Å². The highest BCUT2D eigenvalue weighted by Gasteiger charge is 1.88. The van der Waals surface area contributed by atoms with E-state index in [0.29, 0.717) is 0 Å². The lowest BCUT2D eigenvalue weighted by atomic mass is 10.2. The van der Waals surface area contributed by atoms with Crippen molar-refractivity contribution in [1.82, 2.24) is 0 Å². The Morgan fingerprint density at radius 2 is 1.00 bits per heavy atom. The van der Waals surface area contributed by atoms with Gasteiger partial charge in [-0.2, -0.15) is 0 Å². The fraction of sp³-hybridized carbons (Fsp3) is 0. The van der Waals surface area contributed by atoms with E-state index in [1.807, 2.05) is 71.5 Å². The van der Waals surface area contributed by atoms with Crippen molar-refractivity contribution in [2.75, 3.05) is 0 Å². The zero-order chi connectivity index (χ0) is 13.5. The van der Waals surface area contributed by atoms with Crippen molar-refractivity contribution in [2.24, 2.45) is 0 Å². The quantitative estimate of drug-likeness (QED) is 0.632. The lowest BCUT2D eigenvalue weighted by Crippen LogP contribution is -1.69. The number of halogens is 2. The van der Waals surface area contributed by atoms with Gasteiger partial charge in [-0.1, -0.05) is 47.5 Å². The van der Waals surface area contributed by atoms with Crippen molar-refractivity contribution in [1.29, 1.82) is 0 Å². The first-order valence-corrected chi connectivity index (χ1v) is 7.43. The SMILES string of the molecule is Clc1ccc(C=CSC=Cc2ccc(Cl)cc2)cc1. The third kappa shape index (κ3) is 5.15. The van der Waals surface area contributed by atoms with E-state index in [0.717, 1.165) is 21.2 Å². The number of thioether (sulfide) groups is 1. The predicted octanol–water partition coefficient (Wildman–Crippen LogP) is 6.37. The summed E-state index contributed by atoms with van der Waals surface area (Å²) in [6.45, 7) is 0. The highest BCUT2D eigenvalue weighted by molar-refractivity contribution is 8.05. The van der Waals surface area contributed by atoms with Gasteiger partial charge in [-0.05, 0) is 58.4 Å². The second-order valence-electron chi connectivity index (χ2n) is 3.84. The Hall–Kier alpha value is -1.15. The van der Waals surface area contributed by atoms with E-state index in [1.165, 1.54) is 0 Å².